The van der Waals surface area contributed by atoms with E-state index in [1.807, 2.05) is 0 Å². The van der Waals surface area contributed by atoms with Crippen LogP contribution in [-0.2, 0) is 0 Å². The summed E-state index contributed by atoms with van der Waals surface area (Å²) in [5.41, 5.74) is 29.0. The van der Waals surface area contributed by atoms with Gasteiger partial charge in [-0.1, -0.05) is 267 Å². The van der Waals surface area contributed by atoms with Crippen LogP contribution in [0, 0.1) is 18.8 Å². The summed E-state index contributed by atoms with van der Waals surface area (Å²) in [5.74, 6) is 7.26. The second-order valence-electron chi connectivity index (χ2n) is 22.6. The number of aromatic nitrogens is 1. The van der Waals surface area contributed by atoms with Gasteiger partial charge < -0.3 is 4.57 Å². The van der Waals surface area contributed by atoms with Crippen molar-refractivity contribution in [2.45, 2.75) is 6.92 Å². The number of aliphatic imine (C=N–C) groups is 1. The van der Waals surface area contributed by atoms with Gasteiger partial charge in [0.25, 0.3) is 0 Å². The van der Waals surface area contributed by atoms with Crippen molar-refractivity contribution < 1.29 is 0 Å². The lowest BCUT2D eigenvalue weighted by molar-refractivity contribution is 1.18. The molecule has 2 heterocycles. The molecule has 0 radical (unpaired) electrons. The first-order chi connectivity index (χ1) is 43.5. The third-order valence-corrected chi connectivity index (χ3v) is 17.1. The second-order valence-corrected chi connectivity index (χ2v) is 22.6. The molecule has 0 aliphatic carbocycles. The molecule has 0 N–H and O–H groups in total. The lowest BCUT2D eigenvalue weighted by atomic mass is 9.88. The van der Waals surface area contributed by atoms with E-state index in [0.29, 0.717) is 0 Å². The zero-order chi connectivity index (χ0) is 58.9. The van der Waals surface area contributed by atoms with Crippen molar-refractivity contribution >= 4 is 44.4 Å². The maximum atomic E-state index is 5.90. The first-order valence-corrected chi connectivity index (χ1v) is 30.0. The Morgan fingerprint density at radius 3 is 1.27 bits per heavy atom. The van der Waals surface area contributed by atoms with E-state index in [4.69, 9.17) is 11.6 Å². The minimum absolute atomic E-state index is 0.853. The fourth-order valence-electron chi connectivity index (χ4n) is 12.6. The van der Waals surface area contributed by atoms with Crippen LogP contribution in [0.5, 0.6) is 0 Å². The predicted octanol–water partition coefficient (Wildman–Crippen LogP) is 22.4. The molecule has 0 spiro atoms. The highest BCUT2D eigenvalue weighted by molar-refractivity contribution is 6.35. The Bertz CT molecular complexity index is 4990. The van der Waals surface area contributed by atoms with E-state index in [0.717, 1.165) is 106 Å². The van der Waals surface area contributed by atoms with Crippen molar-refractivity contribution in [3.8, 4) is 95.4 Å². The molecule has 1 aliphatic rings. The number of benzene rings is 13. The average Bonchev–Trinajstić information content (AvgIpc) is 1.80. The van der Waals surface area contributed by atoms with Crippen molar-refractivity contribution in [3.63, 3.8) is 0 Å². The lowest BCUT2D eigenvalue weighted by Gasteiger charge is -2.17. The summed E-state index contributed by atoms with van der Waals surface area (Å²) < 4.78 is 2.41. The summed E-state index contributed by atoms with van der Waals surface area (Å²) in [7, 11) is 0. The minimum Gasteiger partial charge on any atom is -0.309 e. The Balaban J connectivity index is 0.862. The molecule has 1 aliphatic heterocycles. The van der Waals surface area contributed by atoms with Gasteiger partial charge in [0, 0.05) is 49.9 Å². The van der Waals surface area contributed by atoms with Crippen LogP contribution < -0.4 is 0 Å². The minimum atomic E-state index is 0.853. The highest BCUT2D eigenvalue weighted by Gasteiger charge is 2.25. The van der Waals surface area contributed by atoms with E-state index in [-0.39, 0.29) is 0 Å². The number of fused-ring (bicyclic) bond motifs is 4. The fourth-order valence-corrected chi connectivity index (χ4v) is 12.6. The van der Waals surface area contributed by atoms with Gasteiger partial charge in [0.2, 0.25) is 0 Å². The van der Waals surface area contributed by atoms with Crippen molar-refractivity contribution in [1.29, 1.82) is 0 Å². The first-order valence-electron chi connectivity index (χ1n) is 30.0. The molecular weight excluding hydrogens is 1060 g/mol. The molecule has 13 aromatic carbocycles. The molecule has 0 unspecified atom stereocenters. The number of nitrogens with zero attached hydrogens (tertiary/aromatic N) is 2. The van der Waals surface area contributed by atoms with Crippen LogP contribution in [0.1, 0.15) is 33.4 Å². The SMILES string of the molecule is C=C1C=C(c2ccc(C#Cc3ccc(-c4ccccc4)cc3-c3cc(-c4ccccc4)ccc3C)cc2)C(c2ccc(-n3c4ccc(-c5ccccc5)cc4c4cc(-c5ccccc5)ccc43)cc2)=Nc2c(-c3ccccc3)ccc(-c3ccccc3)c21. The summed E-state index contributed by atoms with van der Waals surface area (Å²) >= 11 is 0. The highest BCUT2D eigenvalue weighted by Crippen LogP contribution is 2.47. The van der Waals surface area contributed by atoms with Crippen LogP contribution in [0.25, 0.3) is 117 Å². The molecule has 412 valence electrons. The molecule has 0 fully saturated rings. The quantitative estimate of drug-likeness (QED) is 0.121. The number of hydrogen-bond acceptors (Lipinski definition) is 1. The Labute approximate surface area is 514 Å². The normalized spacial score (nSPS) is 12.0. The number of aryl methyl sites for hydroxylation is 1. The molecular formula is C86H58N2. The molecule has 0 amide bonds. The van der Waals surface area contributed by atoms with Gasteiger partial charge in [-0.15, -0.1) is 0 Å². The van der Waals surface area contributed by atoms with E-state index >= 15 is 0 Å². The molecule has 88 heavy (non-hydrogen) atoms. The zero-order valence-electron chi connectivity index (χ0n) is 48.7. The lowest BCUT2D eigenvalue weighted by Crippen LogP contribution is -2.05. The molecule has 0 saturated carbocycles. The number of hydrogen-bond donors (Lipinski definition) is 0. The zero-order valence-corrected chi connectivity index (χ0v) is 48.7. The molecule has 15 rings (SSSR count). The van der Waals surface area contributed by atoms with Crippen molar-refractivity contribution in [3.05, 3.63) is 361 Å². The van der Waals surface area contributed by atoms with Crippen LogP contribution in [0.2, 0.25) is 0 Å². The molecule has 0 atom stereocenters. The average molecular weight is 1120 g/mol. The number of allylic oxidation sites excluding steroid dienone is 3. The summed E-state index contributed by atoms with van der Waals surface area (Å²) in [4.78, 5) is 5.90. The van der Waals surface area contributed by atoms with Gasteiger partial charge in [0.05, 0.1) is 22.4 Å². The summed E-state index contributed by atoms with van der Waals surface area (Å²) in [6.07, 6.45) is 2.24. The predicted molar refractivity (Wildman–Crippen MR) is 372 cm³/mol. The monoisotopic (exact) mass is 1120 g/mol. The van der Waals surface area contributed by atoms with Gasteiger partial charge in [0.1, 0.15) is 0 Å². The molecule has 0 bridgehead atoms. The number of rotatable bonds is 10. The van der Waals surface area contributed by atoms with Gasteiger partial charge in [-0.2, -0.15) is 0 Å². The van der Waals surface area contributed by atoms with Crippen molar-refractivity contribution in [1.82, 2.24) is 4.57 Å². The topological polar surface area (TPSA) is 17.3 Å². The van der Waals surface area contributed by atoms with E-state index in [2.05, 4.69) is 345 Å². The third kappa shape index (κ3) is 10.2. The smallest absolute Gasteiger partial charge is 0.0800 e. The Kier molecular flexibility index (Phi) is 13.9. The van der Waals surface area contributed by atoms with E-state index in [1.165, 1.54) is 55.3 Å². The molecule has 2 nitrogen and oxygen atoms in total. The summed E-state index contributed by atoms with van der Waals surface area (Å²) in [6, 6.07) is 113. The van der Waals surface area contributed by atoms with E-state index < -0.39 is 0 Å². The van der Waals surface area contributed by atoms with Crippen LogP contribution in [-0.4, -0.2) is 10.3 Å². The first kappa shape index (κ1) is 53.1. The second kappa shape index (κ2) is 23.1. The highest BCUT2D eigenvalue weighted by atomic mass is 15.0. The Morgan fingerprint density at radius 1 is 0.330 bits per heavy atom. The van der Waals surface area contributed by atoms with Gasteiger partial charge in [0.15, 0.2) is 0 Å². The van der Waals surface area contributed by atoms with Gasteiger partial charge in [-0.25, -0.2) is 4.99 Å². The van der Waals surface area contributed by atoms with Gasteiger partial charge in [-0.05, 0) is 169 Å². The maximum absolute atomic E-state index is 5.90. The largest absolute Gasteiger partial charge is 0.309 e. The van der Waals surface area contributed by atoms with Crippen molar-refractivity contribution in [2.75, 3.05) is 0 Å². The van der Waals surface area contributed by atoms with Crippen LogP contribution in [0.15, 0.2) is 333 Å². The van der Waals surface area contributed by atoms with E-state index in [9.17, 15) is 0 Å². The standard InChI is InChI=1S/C86H58N2/c1-58-33-37-70(61-21-9-3-10-22-61)54-77(58)78-55-71(62-23-11-4-12-24-62)42-41-67(78)38-34-60-35-39-68(40-36-60)79-53-59(2)84-75(65-29-17-7-18-30-65)49-50-76(66-31-19-8-20-32-66)86(84)87-85(79)69-43-47-74(48-44-69)88-82-51-45-72(63-25-13-5-14-26-63)56-80(82)81-57-73(46-52-83(81)88)64-27-15-6-16-28-64/h3-33,35-37,39-57H,2H2,1H3. The Hall–Kier alpha value is -11.6. The van der Waals surface area contributed by atoms with Crippen molar-refractivity contribution in [2.24, 2.45) is 4.99 Å². The third-order valence-electron chi connectivity index (χ3n) is 17.1. The maximum Gasteiger partial charge on any atom is 0.0800 e. The molecule has 2 heteroatoms. The summed E-state index contributed by atoms with van der Waals surface area (Å²) in [6.45, 7) is 7.08. The van der Waals surface area contributed by atoms with Crippen LogP contribution in [0.3, 0.4) is 0 Å². The van der Waals surface area contributed by atoms with Crippen LogP contribution in [0.4, 0.5) is 5.69 Å². The Morgan fingerprint density at radius 2 is 0.750 bits per heavy atom. The molecule has 0 saturated heterocycles. The van der Waals surface area contributed by atoms with Crippen LogP contribution >= 0.6 is 0 Å². The van der Waals surface area contributed by atoms with E-state index in [1.54, 1.807) is 0 Å². The summed E-state index contributed by atoms with van der Waals surface area (Å²) in [5, 5.41) is 2.40. The van der Waals surface area contributed by atoms with Gasteiger partial charge >= 0.3 is 0 Å². The molecule has 1 aromatic heterocycles. The fraction of sp³-hybridized carbons (Fsp3) is 0.0116. The van der Waals surface area contributed by atoms with Gasteiger partial charge in [-0.3, -0.25) is 0 Å². The molecule has 14 aromatic rings.